The molecule has 1 aromatic carbocycles. The van der Waals surface area contributed by atoms with Gasteiger partial charge in [0.2, 0.25) is 6.43 Å². The number of hydrogen-bond acceptors (Lipinski definition) is 2. The Hall–Kier alpha value is -0.870. The van der Waals surface area contributed by atoms with Crippen LogP contribution in [0.4, 0.5) is 14.5 Å². The van der Waals surface area contributed by atoms with Crippen molar-refractivity contribution in [1.82, 2.24) is 0 Å². The number of alkyl halides is 2. The Morgan fingerprint density at radius 2 is 2.00 bits per heavy atom. The van der Waals surface area contributed by atoms with Crippen molar-refractivity contribution in [2.75, 3.05) is 19.0 Å². The van der Waals surface area contributed by atoms with E-state index in [1.54, 1.807) is 12.1 Å². The molecule has 0 saturated heterocycles. The Morgan fingerprint density at radius 1 is 1.38 bits per heavy atom. The average Bonchev–Trinajstić information content (AvgIpc) is 2.15. The number of nitrogens with two attached hydrogens (primary N) is 1. The van der Waals surface area contributed by atoms with E-state index in [0.717, 1.165) is 5.69 Å². The van der Waals surface area contributed by atoms with Crippen LogP contribution in [-0.4, -0.2) is 20.5 Å². The lowest BCUT2D eigenvalue weighted by molar-refractivity contribution is 0.128. The molecule has 2 N–H and O–H groups in total. The van der Waals surface area contributed by atoms with E-state index in [4.69, 9.17) is 17.3 Å². The molecule has 0 radical (unpaired) electrons. The monoisotopic (exact) mass is 248 g/mol. The Bertz CT molecular complexity index is 356. The minimum atomic E-state index is -2.42. The summed E-state index contributed by atoms with van der Waals surface area (Å²) in [6.45, 7) is 0. The van der Waals surface area contributed by atoms with Gasteiger partial charge in [0.15, 0.2) is 0 Å². The zero-order valence-corrected chi connectivity index (χ0v) is 10.0. The molecular formula is C11H15ClF2N2. The summed E-state index contributed by atoms with van der Waals surface area (Å²) >= 11 is 6.00. The van der Waals surface area contributed by atoms with Gasteiger partial charge in [-0.2, -0.15) is 0 Å². The Labute approximate surface area is 99.0 Å². The number of halogens is 3. The van der Waals surface area contributed by atoms with Crippen molar-refractivity contribution in [1.29, 1.82) is 0 Å². The Morgan fingerprint density at radius 3 is 2.44 bits per heavy atom. The molecule has 0 unspecified atom stereocenters. The fraction of sp³-hybridized carbons (Fsp3) is 0.455. The van der Waals surface area contributed by atoms with Crippen LogP contribution >= 0.6 is 11.6 Å². The molecule has 0 bridgehead atoms. The van der Waals surface area contributed by atoms with Crippen LogP contribution in [0.5, 0.6) is 0 Å². The molecular weight excluding hydrogens is 234 g/mol. The molecule has 16 heavy (non-hydrogen) atoms. The lowest BCUT2D eigenvalue weighted by Gasteiger charge is -2.17. The molecule has 2 nitrogen and oxygen atoms in total. The van der Waals surface area contributed by atoms with Crippen molar-refractivity contribution >= 4 is 17.3 Å². The number of nitrogens with zero attached hydrogens (tertiary/aromatic N) is 1. The first kappa shape index (κ1) is 13.2. The topological polar surface area (TPSA) is 29.3 Å². The van der Waals surface area contributed by atoms with Gasteiger partial charge >= 0.3 is 0 Å². The Balaban J connectivity index is 2.90. The lowest BCUT2D eigenvalue weighted by atomic mass is 10.0. The minimum Gasteiger partial charge on any atom is -0.378 e. The maximum absolute atomic E-state index is 12.2. The highest BCUT2D eigenvalue weighted by Gasteiger charge is 2.15. The van der Waals surface area contributed by atoms with Crippen molar-refractivity contribution in [2.24, 2.45) is 5.73 Å². The number of anilines is 1. The van der Waals surface area contributed by atoms with Gasteiger partial charge in [-0.1, -0.05) is 17.7 Å². The molecule has 1 atom stereocenters. The van der Waals surface area contributed by atoms with E-state index in [1.807, 2.05) is 25.1 Å². The lowest BCUT2D eigenvalue weighted by Crippen LogP contribution is -2.15. The summed E-state index contributed by atoms with van der Waals surface area (Å²) in [6, 6.07) is 4.52. The largest absolute Gasteiger partial charge is 0.378 e. The van der Waals surface area contributed by atoms with Crippen LogP contribution in [0.2, 0.25) is 5.02 Å². The van der Waals surface area contributed by atoms with Gasteiger partial charge in [-0.25, -0.2) is 8.78 Å². The summed E-state index contributed by atoms with van der Waals surface area (Å²) in [5, 5.41) is 0.430. The van der Waals surface area contributed by atoms with Gasteiger partial charge in [0.1, 0.15) is 0 Å². The molecule has 0 aromatic heterocycles. The zero-order chi connectivity index (χ0) is 12.3. The van der Waals surface area contributed by atoms with Gasteiger partial charge < -0.3 is 10.6 Å². The summed E-state index contributed by atoms with van der Waals surface area (Å²) < 4.78 is 24.4. The van der Waals surface area contributed by atoms with Gasteiger partial charge in [-0.15, -0.1) is 0 Å². The molecule has 0 aliphatic carbocycles. The quantitative estimate of drug-likeness (QED) is 0.887. The van der Waals surface area contributed by atoms with E-state index < -0.39 is 12.5 Å². The first-order valence-electron chi connectivity index (χ1n) is 4.92. The molecule has 0 aliphatic heterocycles. The molecule has 0 fully saturated rings. The van der Waals surface area contributed by atoms with E-state index in [1.165, 1.54) is 0 Å². The minimum absolute atomic E-state index is 0.374. The van der Waals surface area contributed by atoms with E-state index in [-0.39, 0.29) is 6.42 Å². The molecule has 5 heteroatoms. The van der Waals surface area contributed by atoms with Crippen molar-refractivity contribution in [3.05, 3.63) is 28.8 Å². The van der Waals surface area contributed by atoms with Crippen LogP contribution in [0.15, 0.2) is 18.2 Å². The molecule has 90 valence electrons. The van der Waals surface area contributed by atoms with Crippen molar-refractivity contribution in [2.45, 2.75) is 18.9 Å². The Kier molecular flexibility index (Phi) is 4.50. The molecule has 0 aliphatic rings. The summed E-state index contributed by atoms with van der Waals surface area (Å²) in [6.07, 6.45) is -2.79. The van der Waals surface area contributed by atoms with Crippen LogP contribution in [-0.2, 0) is 0 Å². The van der Waals surface area contributed by atoms with Crippen molar-refractivity contribution in [3.63, 3.8) is 0 Å². The highest BCUT2D eigenvalue weighted by atomic mass is 35.5. The second-order valence-electron chi connectivity index (χ2n) is 3.83. The van der Waals surface area contributed by atoms with E-state index >= 15 is 0 Å². The standard InChI is InChI=1S/C11H15ClF2N2/c1-16(2)7-3-4-8(9(12)5-7)10(15)6-11(13)14/h3-5,10-11H,6,15H2,1-2H3/t10-/m1/s1. The number of rotatable bonds is 4. The van der Waals surface area contributed by atoms with Crippen LogP contribution in [0.25, 0.3) is 0 Å². The van der Waals surface area contributed by atoms with Gasteiger partial charge in [-0.3, -0.25) is 0 Å². The highest BCUT2D eigenvalue weighted by Crippen LogP contribution is 2.28. The second-order valence-corrected chi connectivity index (χ2v) is 4.24. The van der Waals surface area contributed by atoms with E-state index in [2.05, 4.69) is 0 Å². The van der Waals surface area contributed by atoms with E-state index in [0.29, 0.717) is 10.6 Å². The van der Waals surface area contributed by atoms with Gasteiger partial charge in [0, 0.05) is 37.3 Å². The number of hydrogen-bond donors (Lipinski definition) is 1. The third-order valence-corrected chi connectivity index (χ3v) is 2.66. The first-order chi connectivity index (χ1) is 7.41. The second kappa shape index (κ2) is 5.46. The number of benzene rings is 1. The van der Waals surface area contributed by atoms with Crippen LogP contribution in [0.3, 0.4) is 0 Å². The maximum Gasteiger partial charge on any atom is 0.240 e. The summed E-state index contributed by atoms with van der Waals surface area (Å²) in [5.74, 6) is 0. The zero-order valence-electron chi connectivity index (χ0n) is 9.25. The van der Waals surface area contributed by atoms with Gasteiger partial charge in [0.05, 0.1) is 0 Å². The fourth-order valence-corrected chi connectivity index (χ4v) is 1.73. The van der Waals surface area contributed by atoms with Crippen LogP contribution in [0, 0.1) is 0 Å². The summed E-state index contributed by atoms with van der Waals surface area (Å²) in [7, 11) is 3.76. The van der Waals surface area contributed by atoms with Crippen molar-refractivity contribution < 1.29 is 8.78 Å². The molecule has 0 saturated carbocycles. The molecule has 0 heterocycles. The third kappa shape index (κ3) is 3.32. The van der Waals surface area contributed by atoms with Crippen molar-refractivity contribution in [3.8, 4) is 0 Å². The average molecular weight is 249 g/mol. The predicted octanol–water partition coefficient (Wildman–Crippen LogP) is 3.06. The SMILES string of the molecule is CN(C)c1ccc([C@H](N)CC(F)F)c(Cl)c1. The van der Waals surface area contributed by atoms with Gasteiger partial charge in [0.25, 0.3) is 0 Å². The smallest absolute Gasteiger partial charge is 0.240 e. The normalized spacial score (nSPS) is 12.9. The molecule has 1 aromatic rings. The van der Waals surface area contributed by atoms with Crippen LogP contribution in [0.1, 0.15) is 18.0 Å². The first-order valence-corrected chi connectivity index (χ1v) is 5.30. The summed E-state index contributed by atoms with van der Waals surface area (Å²) in [4.78, 5) is 1.88. The van der Waals surface area contributed by atoms with E-state index in [9.17, 15) is 8.78 Å². The van der Waals surface area contributed by atoms with Crippen LogP contribution < -0.4 is 10.6 Å². The van der Waals surface area contributed by atoms with Gasteiger partial charge in [-0.05, 0) is 17.7 Å². The maximum atomic E-state index is 12.2. The molecule has 0 amide bonds. The fourth-order valence-electron chi connectivity index (χ4n) is 1.41. The third-order valence-electron chi connectivity index (χ3n) is 2.33. The summed E-state index contributed by atoms with van der Waals surface area (Å²) in [5.41, 5.74) is 7.12. The molecule has 1 rings (SSSR count). The molecule has 0 spiro atoms. The highest BCUT2D eigenvalue weighted by molar-refractivity contribution is 6.31. The predicted molar refractivity (Wildman–Crippen MR) is 63.3 cm³/mol.